The second-order valence-corrected chi connectivity index (χ2v) is 6.43. The number of rotatable bonds is 6. The van der Waals surface area contributed by atoms with Gasteiger partial charge in [0.2, 0.25) is 0 Å². The van der Waals surface area contributed by atoms with E-state index >= 15 is 0 Å². The Balaban J connectivity index is 2.13. The first-order valence-electron chi connectivity index (χ1n) is 8.27. The van der Waals surface area contributed by atoms with E-state index in [1.165, 1.54) is 14.2 Å². The van der Waals surface area contributed by atoms with Crippen LogP contribution in [-0.2, 0) is 23.9 Å². The molecule has 2 rings (SSSR count). The zero-order chi connectivity index (χ0) is 17.7. The number of fused-ring (bicyclic) bond motifs is 1. The average Bonchev–Trinajstić information content (AvgIpc) is 3.31. The van der Waals surface area contributed by atoms with E-state index in [0.29, 0.717) is 18.1 Å². The second-order valence-electron chi connectivity index (χ2n) is 6.43. The van der Waals surface area contributed by atoms with E-state index in [0.717, 1.165) is 12.8 Å². The number of allylic oxidation sites excluding steroid dienone is 2. The predicted molar refractivity (Wildman–Crippen MR) is 87.6 cm³/mol. The molecule has 0 heterocycles. The number of methoxy groups -OCH3 is 2. The molecular weight excluding hydrogens is 308 g/mol. The molecule has 0 N–H and O–H groups in total. The molecule has 2 aliphatic rings. The third-order valence-electron chi connectivity index (χ3n) is 5.11. The molecule has 24 heavy (non-hydrogen) atoms. The number of Topliss-reactive ketones (excluding diaryl/α,β-unsaturated/α-hetero) is 1. The Labute approximate surface area is 142 Å². The van der Waals surface area contributed by atoms with Crippen molar-refractivity contribution in [3.05, 3.63) is 12.2 Å². The number of esters is 2. The van der Waals surface area contributed by atoms with Crippen molar-refractivity contribution in [2.75, 3.05) is 14.2 Å². The van der Waals surface area contributed by atoms with Crippen LogP contribution in [0.5, 0.6) is 0 Å². The Hall–Kier alpha value is -2.09. The van der Waals surface area contributed by atoms with Crippen LogP contribution in [0, 0.1) is 35.0 Å². The zero-order valence-corrected chi connectivity index (χ0v) is 14.5. The van der Waals surface area contributed by atoms with E-state index in [4.69, 9.17) is 9.47 Å². The average molecular weight is 332 g/mol. The highest BCUT2D eigenvalue weighted by molar-refractivity contribution is 6.00. The number of hydrogen-bond donors (Lipinski definition) is 0. The van der Waals surface area contributed by atoms with Crippen LogP contribution in [0.3, 0.4) is 0 Å². The fraction of sp³-hybridized carbons (Fsp3) is 0.632. The molecule has 0 saturated heterocycles. The largest absolute Gasteiger partial charge is 0.468 e. The van der Waals surface area contributed by atoms with Gasteiger partial charge in [0.15, 0.2) is 5.41 Å². The van der Waals surface area contributed by atoms with Gasteiger partial charge >= 0.3 is 11.9 Å². The summed E-state index contributed by atoms with van der Waals surface area (Å²) in [5, 5.41) is 0. The molecule has 0 radical (unpaired) electrons. The van der Waals surface area contributed by atoms with E-state index in [9.17, 15) is 14.4 Å². The van der Waals surface area contributed by atoms with Crippen LogP contribution >= 0.6 is 0 Å². The number of hydrogen-bond acceptors (Lipinski definition) is 5. The lowest BCUT2D eigenvalue weighted by Gasteiger charge is -2.24. The van der Waals surface area contributed by atoms with E-state index in [1.54, 1.807) is 13.0 Å². The van der Waals surface area contributed by atoms with Gasteiger partial charge in [-0.15, -0.1) is 11.8 Å². The van der Waals surface area contributed by atoms with E-state index in [-0.39, 0.29) is 24.7 Å². The van der Waals surface area contributed by atoms with Crippen molar-refractivity contribution in [1.29, 1.82) is 0 Å². The first-order valence-corrected chi connectivity index (χ1v) is 8.27. The minimum Gasteiger partial charge on any atom is -0.468 e. The van der Waals surface area contributed by atoms with E-state index in [2.05, 4.69) is 11.8 Å². The summed E-state index contributed by atoms with van der Waals surface area (Å²) >= 11 is 0. The van der Waals surface area contributed by atoms with E-state index in [1.807, 2.05) is 6.08 Å². The maximum atomic E-state index is 12.3. The molecule has 2 fully saturated rings. The lowest BCUT2D eigenvalue weighted by atomic mass is 9.81. The zero-order valence-electron chi connectivity index (χ0n) is 14.5. The fourth-order valence-electron chi connectivity index (χ4n) is 3.69. The number of ketones is 1. The molecular formula is C19H24O5. The topological polar surface area (TPSA) is 69.7 Å². The van der Waals surface area contributed by atoms with E-state index < -0.39 is 17.4 Å². The Morgan fingerprint density at radius 2 is 1.96 bits per heavy atom. The van der Waals surface area contributed by atoms with Crippen molar-refractivity contribution < 1.29 is 23.9 Å². The predicted octanol–water partition coefficient (Wildman–Crippen LogP) is 2.29. The molecule has 0 aromatic rings. The highest BCUT2D eigenvalue weighted by atomic mass is 16.5. The van der Waals surface area contributed by atoms with Gasteiger partial charge in [-0.2, -0.15) is 0 Å². The maximum absolute atomic E-state index is 12.3. The highest BCUT2D eigenvalue weighted by Gasteiger charge is 2.54. The van der Waals surface area contributed by atoms with Crippen LogP contribution < -0.4 is 0 Å². The molecule has 2 saturated carbocycles. The van der Waals surface area contributed by atoms with Crippen LogP contribution in [0.4, 0.5) is 0 Å². The molecule has 2 aliphatic carbocycles. The molecule has 3 atom stereocenters. The molecule has 0 spiro atoms. The van der Waals surface area contributed by atoms with Crippen molar-refractivity contribution in [3.63, 3.8) is 0 Å². The summed E-state index contributed by atoms with van der Waals surface area (Å²) in [6.45, 7) is 1.65. The van der Waals surface area contributed by atoms with Gasteiger partial charge in [-0.05, 0) is 38.0 Å². The Morgan fingerprint density at radius 1 is 1.29 bits per heavy atom. The molecule has 5 nitrogen and oxygen atoms in total. The third kappa shape index (κ3) is 3.38. The number of carbonyl (C=O) groups is 3. The summed E-state index contributed by atoms with van der Waals surface area (Å²) in [6, 6.07) is 0. The van der Waals surface area contributed by atoms with Crippen molar-refractivity contribution in [2.45, 2.75) is 39.0 Å². The van der Waals surface area contributed by atoms with Crippen molar-refractivity contribution in [2.24, 2.45) is 23.2 Å². The number of ether oxygens (including phenoxy) is 2. The van der Waals surface area contributed by atoms with Crippen LogP contribution in [0.1, 0.15) is 39.0 Å². The SMILES string of the molecule is CC#CCC(C/C=C/[C@H]1[C@@H]2CCCC(=O)[C@H]12)(C(=O)OC)C(=O)OC. The molecule has 0 unspecified atom stereocenters. The first kappa shape index (κ1) is 18.3. The van der Waals surface area contributed by atoms with Crippen molar-refractivity contribution in [3.8, 4) is 11.8 Å². The van der Waals surface area contributed by atoms with Gasteiger partial charge in [-0.1, -0.05) is 12.2 Å². The Bertz CT molecular complexity index is 591. The maximum Gasteiger partial charge on any atom is 0.324 e. The highest BCUT2D eigenvalue weighted by Crippen LogP contribution is 2.54. The lowest BCUT2D eigenvalue weighted by Crippen LogP contribution is -2.40. The van der Waals surface area contributed by atoms with Crippen LogP contribution in [0.2, 0.25) is 0 Å². The van der Waals surface area contributed by atoms with Gasteiger partial charge in [-0.25, -0.2) is 0 Å². The molecule has 0 amide bonds. The summed E-state index contributed by atoms with van der Waals surface area (Å²) < 4.78 is 9.65. The summed E-state index contributed by atoms with van der Waals surface area (Å²) in [5.41, 5.74) is -1.45. The lowest BCUT2D eigenvalue weighted by molar-refractivity contribution is -0.168. The summed E-state index contributed by atoms with van der Waals surface area (Å²) in [6.07, 6.45) is 6.69. The van der Waals surface area contributed by atoms with Gasteiger partial charge < -0.3 is 9.47 Å². The summed E-state index contributed by atoms with van der Waals surface area (Å²) in [5.74, 6) is 5.35. The van der Waals surface area contributed by atoms with Crippen LogP contribution in [-0.4, -0.2) is 31.9 Å². The summed E-state index contributed by atoms with van der Waals surface area (Å²) in [7, 11) is 2.49. The molecule has 5 heteroatoms. The normalized spacial score (nSPS) is 25.5. The minimum atomic E-state index is -1.45. The smallest absolute Gasteiger partial charge is 0.324 e. The quantitative estimate of drug-likeness (QED) is 0.323. The van der Waals surface area contributed by atoms with Crippen LogP contribution in [0.25, 0.3) is 0 Å². The fourth-order valence-corrected chi connectivity index (χ4v) is 3.69. The molecule has 130 valence electrons. The monoisotopic (exact) mass is 332 g/mol. The third-order valence-corrected chi connectivity index (χ3v) is 5.11. The standard InChI is InChI=1S/C19H24O5/c1-4-5-11-19(17(21)23-2,18(22)24-3)12-7-9-14-13-8-6-10-15(20)16(13)14/h7,9,13-14,16H,6,8,10-12H2,1-3H3/b9-7+/t13-,14-,16-/m0/s1. The first-order chi connectivity index (χ1) is 11.5. The molecule has 0 aromatic carbocycles. The van der Waals surface area contributed by atoms with Gasteiger partial charge in [0, 0.05) is 18.8 Å². The van der Waals surface area contributed by atoms with Crippen molar-refractivity contribution >= 4 is 17.7 Å². The minimum absolute atomic E-state index is 0.0453. The van der Waals surface area contributed by atoms with Gasteiger partial charge in [0.05, 0.1) is 14.2 Å². The molecule has 0 bridgehead atoms. The van der Waals surface area contributed by atoms with Crippen molar-refractivity contribution in [1.82, 2.24) is 0 Å². The summed E-state index contributed by atoms with van der Waals surface area (Å²) in [4.78, 5) is 36.4. The Kier molecular flexibility index (Phi) is 5.82. The van der Waals surface area contributed by atoms with Crippen LogP contribution in [0.15, 0.2) is 12.2 Å². The Morgan fingerprint density at radius 3 is 2.50 bits per heavy atom. The molecule has 0 aromatic heterocycles. The van der Waals surface area contributed by atoms with Gasteiger partial charge in [0.1, 0.15) is 5.78 Å². The van der Waals surface area contributed by atoms with Gasteiger partial charge in [-0.3, -0.25) is 14.4 Å². The van der Waals surface area contributed by atoms with Gasteiger partial charge in [0.25, 0.3) is 0 Å². The molecule has 0 aliphatic heterocycles. The second kappa shape index (κ2) is 7.65. The number of carbonyl (C=O) groups excluding carboxylic acids is 3.